The molecule has 2 atom stereocenters. The van der Waals surface area contributed by atoms with Crippen molar-refractivity contribution in [1.82, 2.24) is 5.32 Å². The number of hydrogen-bond donors (Lipinski definition) is 1. The van der Waals surface area contributed by atoms with Gasteiger partial charge in [-0.3, -0.25) is 0 Å². The Morgan fingerprint density at radius 2 is 2.10 bits per heavy atom. The van der Waals surface area contributed by atoms with Gasteiger partial charge in [-0.05, 0) is 24.1 Å². The molecule has 1 aliphatic heterocycles. The molecule has 1 heterocycles. The third-order valence-corrected chi connectivity index (χ3v) is 3.50. The standard InChI is InChI=1S/C8H17NS/c1-7-5-9-3-4-10-6-8(7)2/h7-9H,3-6H2,1-2H3. The van der Waals surface area contributed by atoms with Crippen LogP contribution in [0.2, 0.25) is 0 Å². The van der Waals surface area contributed by atoms with Crippen molar-refractivity contribution in [3.63, 3.8) is 0 Å². The zero-order valence-corrected chi connectivity index (χ0v) is 7.71. The highest BCUT2D eigenvalue weighted by molar-refractivity contribution is 7.99. The predicted molar refractivity (Wildman–Crippen MR) is 48.5 cm³/mol. The number of rotatable bonds is 0. The van der Waals surface area contributed by atoms with Gasteiger partial charge in [0.25, 0.3) is 0 Å². The molecule has 0 aliphatic carbocycles. The van der Waals surface area contributed by atoms with Gasteiger partial charge in [0.1, 0.15) is 0 Å². The minimum Gasteiger partial charge on any atom is -0.316 e. The third-order valence-electron chi connectivity index (χ3n) is 2.24. The van der Waals surface area contributed by atoms with Crippen LogP contribution in [0.4, 0.5) is 0 Å². The summed E-state index contributed by atoms with van der Waals surface area (Å²) in [6.07, 6.45) is 0. The van der Waals surface area contributed by atoms with E-state index in [0.717, 1.165) is 11.8 Å². The first-order valence-corrected chi connectivity index (χ1v) is 5.24. The Hall–Kier alpha value is 0.310. The quantitative estimate of drug-likeness (QED) is 0.576. The van der Waals surface area contributed by atoms with E-state index in [1.807, 2.05) is 0 Å². The normalized spacial score (nSPS) is 36.6. The first kappa shape index (κ1) is 8.41. The molecule has 1 aliphatic rings. The molecule has 60 valence electrons. The predicted octanol–water partition coefficient (Wildman–Crippen LogP) is 1.59. The van der Waals surface area contributed by atoms with Crippen molar-refractivity contribution in [3.05, 3.63) is 0 Å². The number of thioether (sulfide) groups is 1. The zero-order chi connectivity index (χ0) is 7.40. The molecule has 0 aromatic carbocycles. The first-order valence-electron chi connectivity index (χ1n) is 4.09. The lowest BCUT2D eigenvalue weighted by Gasteiger charge is -2.22. The second kappa shape index (κ2) is 4.24. The monoisotopic (exact) mass is 159 g/mol. The second-order valence-electron chi connectivity index (χ2n) is 3.23. The number of nitrogens with one attached hydrogen (secondary N) is 1. The lowest BCUT2D eigenvalue weighted by molar-refractivity contribution is 0.399. The van der Waals surface area contributed by atoms with Crippen LogP contribution in [-0.4, -0.2) is 24.6 Å². The van der Waals surface area contributed by atoms with Gasteiger partial charge in [-0.1, -0.05) is 13.8 Å². The first-order chi connectivity index (χ1) is 4.80. The fraction of sp³-hybridized carbons (Fsp3) is 1.00. The Bertz CT molecular complexity index is 83.3. The molecule has 1 rings (SSSR count). The maximum atomic E-state index is 3.45. The highest BCUT2D eigenvalue weighted by atomic mass is 32.2. The van der Waals surface area contributed by atoms with Crippen LogP contribution in [0.3, 0.4) is 0 Å². The molecule has 0 aromatic heterocycles. The van der Waals surface area contributed by atoms with Crippen LogP contribution in [0.25, 0.3) is 0 Å². The Kier molecular flexibility index (Phi) is 3.57. The van der Waals surface area contributed by atoms with E-state index in [0.29, 0.717) is 0 Å². The summed E-state index contributed by atoms with van der Waals surface area (Å²) in [4.78, 5) is 0. The van der Waals surface area contributed by atoms with Crippen molar-refractivity contribution in [2.24, 2.45) is 11.8 Å². The van der Waals surface area contributed by atoms with Crippen molar-refractivity contribution in [2.45, 2.75) is 13.8 Å². The summed E-state index contributed by atoms with van der Waals surface area (Å²) in [6, 6.07) is 0. The van der Waals surface area contributed by atoms with Crippen LogP contribution < -0.4 is 5.32 Å². The second-order valence-corrected chi connectivity index (χ2v) is 4.38. The van der Waals surface area contributed by atoms with Crippen molar-refractivity contribution >= 4 is 11.8 Å². The molecule has 2 unspecified atom stereocenters. The van der Waals surface area contributed by atoms with Gasteiger partial charge in [0.05, 0.1) is 0 Å². The van der Waals surface area contributed by atoms with Gasteiger partial charge in [0, 0.05) is 12.3 Å². The van der Waals surface area contributed by atoms with Gasteiger partial charge in [-0.2, -0.15) is 11.8 Å². The van der Waals surface area contributed by atoms with Gasteiger partial charge >= 0.3 is 0 Å². The van der Waals surface area contributed by atoms with E-state index in [1.54, 1.807) is 0 Å². The summed E-state index contributed by atoms with van der Waals surface area (Å²) >= 11 is 2.08. The maximum absolute atomic E-state index is 3.45. The van der Waals surface area contributed by atoms with Crippen LogP contribution >= 0.6 is 11.8 Å². The van der Waals surface area contributed by atoms with Crippen molar-refractivity contribution in [1.29, 1.82) is 0 Å². The molecule has 0 radical (unpaired) electrons. The Labute approximate surface area is 68.0 Å². The Morgan fingerprint density at radius 3 is 2.90 bits per heavy atom. The molecule has 0 aromatic rings. The lowest BCUT2D eigenvalue weighted by atomic mass is 9.98. The summed E-state index contributed by atoms with van der Waals surface area (Å²) in [6.45, 7) is 7.09. The third kappa shape index (κ3) is 2.51. The Balaban J connectivity index is 2.28. The van der Waals surface area contributed by atoms with Crippen LogP contribution in [0.1, 0.15) is 13.8 Å². The van der Waals surface area contributed by atoms with Gasteiger partial charge in [0.15, 0.2) is 0 Å². The SMILES string of the molecule is CC1CNCCSCC1C. The Morgan fingerprint density at radius 1 is 1.30 bits per heavy atom. The molecule has 10 heavy (non-hydrogen) atoms. The summed E-state index contributed by atoms with van der Waals surface area (Å²) in [7, 11) is 0. The molecule has 0 amide bonds. The van der Waals surface area contributed by atoms with Gasteiger partial charge < -0.3 is 5.32 Å². The van der Waals surface area contributed by atoms with E-state index in [2.05, 4.69) is 30.9 Å². The fourth-order valence-electron chi connectivity index (χ4n) is 1.11. The average Bonchev–Trinajstić information content (AvgIpc) is 1.92. The van der Waals surface area contributed by atoms with E-state index in [1.165, 1.54) is 24.6 Å². The largest absolute Gasteiger partial charge is 0.316 e. The minimum atomic E-state index is 0.854. The van der Waals surface area contributed by atoms with Gasteiger partial charge in [-0.25, -0.2) is 0 Å². The molecule has 2 heteroatoms. The fourth-order valence-corrected chi connectivity index (χ4v) is 2.26. The number of hydrogen-bond acceptors (Lipinski definition) is 2. The van der Waals surface area contributed by atoms with Crippen LogP contribution in [0.5, 0.6) is 0 Å². The van der Waals surface area contributed by atoms with Gasteiger partial charge in [-0.15, -0.1) is 0 Å². The van der Waals surface area contributed by atoms with E-state index in [-0.39, 0.29) is 0 Å². The van der Waals surface area contributed by atoms with Gasteiger partial charge in [0.2, 0.25) is 0 Å². The van der Waals surface area contributed by atoms with Crippen LogP contribution in [0.15, 0.2) is 0 Å². The van der Waals surface area contributed by atoms with Crippen LogP contribution in [-0.2, 0) is 0 Å². The summed E-state index contributed by atoms with van der Waals surface area (Å²) < 4.78 is 0. The van der Waals surface area contributed by atoms with Crippen molar-refractivity contribution in [2.75, 3.05) is 24.6 Å². The van der Waals surface area contributed by atoms with Crippen molar-refractivity contribution < 1.29 is 0 Å². The maximum Gasteiger partial charge on any atom is 0.00582 e. The smallest absolute Gasteiger partial charge is 0.00582 e. The van der Waals surface area contributed by atoms with E-state index in [9.17, 15) is 0 Å². The van der Waals surface area contributed by atoms with E-state index < -0.39 is 0 Å². The zero-order valence-electron chi connectivity index (χ0n) is 6.89. The summed E-state index contributed by atoms with van der Waals surface area (Å²) in [5.74, 6) is 4.38. The molecule has 0 spiro atoms. The molecule has 1 N–H and O–H groups in total. The molecule has 1 nitrogen and oxygen atoms in total. The molecule has 0 saturated carbocycles. The highest BCUT2D eigenvalue weighted by Crippen LogP contribution is 2.17. The molecular formula is C8H17NS. The van der Waals surface area contributed by atoms with E-state index >= 15 is 0 Å². The molecular weight excluding hydrogens is 142 g/mol. The topological polar surface area (TPSA) is 12.0 Å². The average molecular weight is 159 g/mol. The van der Waals surface area contributed by atoms with E-state index in [4.69, 9.17) is 0 Å². The van der Waals surface area contributed by atoms with Crippen LogP contribution in [0, 0.1) is 11.8 Å². The lowest BCUT2D eigenvalue weighted by Crippen LogP contribution is -2.30. The molecule has 1 fully saturated rings. The molecule has 1 saturated heterocycles. The molecule has 0 bridgehead atoms. The van der Waals surface area contributed by atoms with Crippen molar-refractivity contribution in [3.8, 4) is 0 Å². The minimum absolute atomic E-state index is 0.854. The highest BCUT2D eigenvalue weighted by Gasteiger charge is 2.13. The summed E-state index contributed by atoms with van der Waals surface area (Å²) in [5, 5.41) is 3.45. The summed E-state index contributed by atoms with van der Waals surface area (Å²) in [5.41, 5.74) is 0.